The van der Waals surface area contributed by atoms with Crippen LogP contribution in [0.1, 0.15) is 25.8 Å². The van der Waals surface area contributed by atoms with Crippen molar-refractivity contribution in [3.63, 3.8) is 0 Å². The van der Waals surface area contributed by atoms with Gasteiger partial charge in [0.25, 0.3) is 0 Å². The summed E-state index contributed by atoms with van der Waals surface area (Å²) in [6, 6.07) is 5.62. The van der Waals surface area contributed by atoms with E-state index in [0.29, 0.717) is 12.8 Å². The molecule has 1 aromatic carbocycles. The maximum absolute atomic E-state index is 9.95. The Morgan fingerprint density at radius 2 is 2.12 bits per heavy atom. The molecule has 0 amide bonds. The molecule has 2 atom stereocenters. The lowest BCUT2D eigenvalue weighted by atomic mass is 9.91. The first-order valence-corrected chi connectivity index (χ1v) is 6.43. The molecular formula is C13H19BrO3. The molecule has 3 nitrogen and oxygen atoms in total. The van der Waals surface area contributed by atoms with E-state index in [9.17, 15) is 10.2 Å². The van der Waals surface area contributed by atoms with Crippen molar-refractivity contribution in [1.29, 1.82) is 0 Å². The summed E-state index contributed by atoms with van der Waals surface area (Å²) in [6.07, 6.45) is 0.169. The van der Waals surface area contributed by atoms with Crippen LogP contribution in [-0.2, 0) is 6.42 Å². The Hall–Kier alpha value is -0.580. The molecule has 0 spiro atoms. The van der Waals surface area contributed by atoms with Crippen molar-refractivity contribution in [2.75, 3.05) is 7.11 Å². The number of hydrogen-bond acceptors (Lipinski definition) is 3. The highest BCUT2D eigenvalue weighted by molar-refractivity contribution is 9.10. The Bertz CT molecular complexity index is 377. The quantitative estimate of drug-likeness (QED) is 0.879. The third-order valence-corrected chi connectivity index (χ3v) is 3.70. The van der Waals surface area contributed by atoms with Crippen LogP contribution in [0.3, 0.4) is 0 Å². The lowest BCUT2D eigenvalue weighted by Gasteiger charge is -2.27. The van der Waals surface area contributed by atoms with E-state index in [2.05, 4.69) is 15.9 Å². The first-order chi connectivity index (χ1) is 7.90. The highest BCUT2D eigenvalue weighted by atomic mass is 79.9. The van der Waals surface area contributed by atoms with E-state index in [1.165, 1.54) is 0 Å². The lowest BCUT2D eigenvalue weighted by Crippen LogP contribution is -2.39. The Morgan fingerprint density at radius 1 is 1.47 bits per heavy atom. The number of hydrogen-bond donors (Lipinski definition) is 2. The first-order valence-electron chi connectivity index (χ1n) is 5.63. The molecule has 0 saturated heterocycles. The third-order valence-electron chi connectivity index (χ3n) is 3.08. The zero-order valence-electron chi connectivity index (χ0n) is 10.4. The standard InChI is InChI=1S/C13H19BrO3/c1-4-13(2,16)12(15)8-9-5-6-11(17-3)10(14)7-9/h5-7,12,15-16H,4,8H2,1-3H3. The molecule has 0 fully saturated rings. The maximum atomic E-state index is 9.95. The van der Waals surface area contributed by atoms with Gasteiger partial charge in [-0.1, -0.05) is 13.0 Å². The molecule has 1 rings (SSSR count). The number of aliphatic hydroxyl groups excluding tert-OH is 1. The van der Waals surface area contributed by atoms with Crippen LogP contribution in [0.15, 0.2) is 22.7 Å². The minimum absolute atomic E-state index is 0.420. The minimum Gasteiger partial charge on any atom is -0.496 e. The van der Waals surface area contributed by atoms with Crippen LogP contribution in [0, 0.1) is 0 Å². The summed E-state index contributed by atoms with van der Waals surface area (Å²) in [5.41, 5.74) is -0.0919. The molecule has 1 aromatic rings. The topological polar surface area (TPSA) is 49.7 Å². The minimum atomic E-state index is -1.05. The fourth-order valence-corrected chi connectivity index (χ4v) is 2.10. The van der Waals surface area contributed by atoms with E-state index in [4.69, 9.17) is 4.74 Å². The van der Waals surface area contributed by atoms with Gasteiger partial charge in [0.2, 0.25) is 0 Å². The molecule has 4 heteroatoms. The fourth-order valence-electron chi connectivity index (χ4n) is 1.52. The van der Waals surface area contributed by atoms with E-state index in [1.54, 1.807) is 14.0 Å². The van der Waals surface area contributed by atoms with Gasteiger partial charge in [-0.05, 0) is 47.0 Å². The molecular weight excluding hydrogens is 284 g/mol. The van der Waals surface area contributed by atoms with E-state index >= 15 is 0 Å². The summed E-state index contributed by atoms with van der Waals surface area (Å²) in [7, 11) is 1.61. The van der Waals surface area contributed by atoms with Gasteiger partial charge in [-0.25, -0.2) is 0 Å². The van der Waals surface area contributed by atoms with Gasteiger partial charge in [0.1, 0.15) is 5.75 Å². The van der Waals surface area contributed by atoms with Crippen LogP contribution in [0.2, 0.25) is 0 Å². The van der Waals surface area contributed by atoms with Crippen LogP contribution in [0.4, 0.5) is 0 Å². The molecule has 17 heavy (non-hydrogen) atoms. The Kier molecular flexibility index (Phi) is 4.98. The van der Waals surface area contributed by atoms with Gasteiger partial charge >= 0.3 is 0 Å². The van der Waals surface area contributed by atoms with Gasteiger partial charge in [0.15, 0.2) is 0 Å². The van der Waals surface area contributed by atoms with Crippen molar-refractivity contribution < 1.29 is 14.9 Å². The largest absolute Gasteiger partial charge is 0.496 e. The molecule has 96 valence electrons. The van der Waals surface area contributed by atoms with Crippen molar-refractivity contribution in [2.45, 2.75) is 38.4 Å². The Labute approximate surface area is 111 Å². The molecule has 0 heterocycles. The number of ether oxygens (including phenoxy) is 1. The molecule has 2 N–H and O–H groups in total. The molecule has 0 aliphatic rings. The van der Waals surface area contributed by atoms with Gasteiger partial charge in [0.05, 0.1) is 23.3 Å². The molecule has 0 aliphatic heterocycles. The highest BCUT2D eigenvalue weighted by Crippen LogP contribution is 2.27. The predicted molar refractivity (Wildman–Crippen MR) is 71.3 cm³/mol. The summed E-state index contributed by atoms with van der Waals surface area (Å²) in [5, 5.41) is 19.9. The number of benzene rings is 1. The summed E-state index contributed by atoms with van der Waals surface area (Å²) in [5.74, 6) is 0.755. The van der Waals surface area contributed by atoms with E-state index in [0.717, 1.165) is 15.8 Å². The summed E-state index contributed by atoms with van der Waals surface area (Å²) in [4.78, 5) is 0. The molecule has 0 bridgehead atoms. The van der Waals surface area contributed by atoms with Crippen LogP contribution < -0.4 is 4.74 Å². The van der Waals surface area contributed by atoms with Gasteiger partial charge in [-0.15, -0.1) is 0 Å². The molecule has 0 radical (unpaired) electrons. The fraction of sp³-hybridized carbons (Fsp3) is 0.538. The first kappa shape index (κ1) is 14.5. The van der Waals surface area contributed by atoms with Crippen LogP contribution in [-0.4, -0.2) is 29.0 Å². The van der Waals surface area contributed by atoms with Crippen LogP contribution in [0.25, 0.3) is 0 Å². The van der Waals surface area contributed by atoms with Crippen molar-refractivity contribution in [2.24, 2.45) is 0 Å². The Morgan fingerprint density at radius 3 is 2.59 bits per heavy atom. The highest BCUT2D eigenvalue weighted by Gasteiger charge is 2.28. The molecule has 0 saturated carbocycles. The SMILES string of the molecule is CCC(C)(O)C(O)Cc1ccc(OC)c(Br)c1. The normalized spacial score (nSPS) is 16.4. The lowest BCUT2D eigenvalue weighted by molar-refractivity contribution is -0.0629. The van der Waals surface area contributed by atoms with Gasteiger partial charge < -0.3 is 14.9 Å². The smallest absolute Gasteiger partial charge is 0.133 e. The molecule has 2 unspecified atom stereocenters. The number of aliphatic hydroxyl groups is 2. The summed E-state index contributed by atoms with van der Waals surface area (Å²) >= 11 is 3.40. The van der Waals surface area contributed by atoms with Crippen LogP contribution >= 0.6 is 15.9 Å². The van der Waals surface area contributed by atoms with Crippen molar-refractivity contribution in [1.82, 2.24) is 0 Å². The number of methoxy groups -OCH3 is 1. The van der Waals surface area contributed by atoms with E-state index in [-0.39, 0.29) is 0 Å². The van der Waals surface area contributed by atoms with E-state index < -0.39 is 11.7 Å². The van der Waals surface area contributed by atoms with Crippen molar-refractivity contribution >= 4 is 15.9 Å². The van der Waals surface area contributed by atoms with E-state index in [1.807, 2.05) is 25.1 Å². The zero-order valence-corrected chi connectivity index (χ0v) is 12.0. The molecule has 0 aromatic heterocycles. The summed E-state index contributed by atoms with van der Waals surface area (Å²) in [6.45, 7) is 3.50. The van der Waals surface area contributed by atoms with Gasteiger partial charge in [-0.3, -0.25) is 0 Å². The second-order valence-electron chi connectivity index (χ2n) is 4.40. The Balaban J connectivity index is 2.79. The average molecular weight is 303 g/mol. The monoisotopic (exact) mass is 302 g/mol. The zero-order chi connectivity index (χ0) is 13.1. The maximum Gasteiger partial charge on any atom is 0.133 e. The predicted octanol–water partition coefficient (Wildman–Crippen LogP) is 2.52. The number of halogens is 1. The van der Waals surface area contributed by atoms with Gasteiger partial charge in [-0.2, -0.15) is 0 Å². The number of rotatable bonds is 5. The second kappa shape index (κ2) is 5.85. The third kappa shape index (κ3) is 3.69. The summed E-state index contributed by atoms with van der Waals surface area (Å²) < 4.78 is 5.98. The van der Waals surface area contributed by atoms with Crippen LogP contribution in [0.5, 0.6) is 5.75 Å². The van der Waals surface area contributed by atoms with Gasteiger partial charge in [0, 0.05) is 6.42 Å². The molecule has 0 aliphatic carbocycles. The van der Waals surface area contributed by atoms with Crippen molar-refractivity contribution in [3.05, 3.63) is 28.2 Å². The van der Waals surface area contributed by atoms with Crippen molar-refractivity contribution in [3.8, 4) is 5.75 Å². The second-order valence-corrected chi connectivity index (χ2v) is 5.25. The average Bonchev–Trinajstić information content (AvgIpc) is 2.29.